The van der Waals surface area contributed by atoms with Crippen LogP contribution in [-0.2, 0) is 36.4 Å². The van der Waals surface area contributed by atoms with Gasteiger partial charge >= 0.3 is 0 Å². The van der Waals surface area contributed by atoms with E-state index in [-0.39, 0.29) is 48.2 Å². The summed E-state index contributed by atoms with van der Waals surface area (Å²) in [5.41, 5.74) is 17.8. The van der Waals surface area contributed by atoms with Crippen molar-refractivity contribution in [1.29, 1.82) is 0 Å². The maximum atomic E-state index is 6.83. The van der Waals surface area contributed by atoms with Crippen molar-refractivity contribution >= 4 is 54.5 Å². The number of imidazole rings is 1. The number of para-hydroxylation sites is 2. The Labute approximate surface area is 445 Å². The second-order valence-corrected chi connectivity index (χ2v) is 23.1. The van der Waals surface area contributed by atoms with E-state index < -0.39 is 0 Å². The van der Waals surface area contributed by atoms with Crippen LogP contribution in [0.25, 0.3) is 94.0 Å². The molecule has 1 radical (unpaired) electrons. The van der Waals surface area contributed by atoms with E-state index in [1.54, 1.807) is 0 Å². The van der Waals surface area contributed by atoms with Crippen molar-refractivity contribution in [3.8, 4) is 39.5 Å². The third kappa shape index (κ3) is 9.04. The van der Waals surface area contributed by atoms with Crippen LogP contribution in [0.4, 0.5) is 0 Å². The molecule has 0 amide bonds. The van der Waals surface area contributed by atoms with Crippen molar-refractivity contribution < 1.29 is 24.5 Å². The van der Waals surface area contributed by atoms with Crippen molar-refractivity contribution in [2.24, 2.45) is 0 Å². The molecule has 1 aliphatic rings. The summed E-state index contributed by atoms with van der Waals surface area (Å²) in [6.45, 7) is 25.3. The predicted octanol–water partition coefficient (Wildman–Crippen LogP) is 18.8. The molecule has 1 aliphatic carbocycles. The minimum absolute atomic E-state index is 0. The maximum Gasteiger partial charge on any atom is 0.121 e. The van der Waals surface area contributed by atoms with Crippen LogP contribution in [0.3, 0.4) is 0 Å². The summed E-state index contributed by atoms with van der Waals surface area (Å²) in [6.07, 6.45) is 4.39. The number of hydrogen-bond donors (Lipinski definition) is 0. The molecule has 369 valence electrons. The second-order valence-electron chi connectivity index (χ2n) is 23.1. The minimum atomic E-state index is 0. The molecule has 0 unspecified atom stereocenters. The van der Waals surface area contributed by atoms with Crippen LogP contribution in [0.15, 0.2) is 162 Å². The van der Waals surface area contributed by atoms with Crippen LogP contribution < -0.4 is 0 Å². The molecule has 0 N–H and O–H groups in total. The normalized spacial score (nSPS) is 14.2. The number of hydrogen-bond acceptors (Lipinski definition) is 3. The van der Waals surface area contributed by atoms with Crippen molar-refractivity contribution in [2.45, 2.75) is 117 Å². The van der Waals surface area contributed by atoms with Gasteiger partial charge in [0.1, 0.15) is 5.58 Å². The van der Waals surface area contributed by atoms with Gasteiger partial charge in [-0.1, -0.05) is 178 Å². The number of benzene rings is 8. The summed E-state index contributed by atoms with van der Waals surface area (Å²) < 4.78 is 9.20. The summed E-state index contributed by atoms with van der Waals surface area (Å²) in [5.74, 6) is 1.40. The Morgan fingerprint density at radius 3 is 2.01 bits per heavy atom. The molecule has 4 nitrogen and oxygen atoms in total. The van der Waals surface area contributed by atoms with Gasteiger partial charge in [-0.15, -0.1) is 53.1 Å². The number of aromatic nitrogens is 3. The standard InChI is InChI=1S/C45H35N2O.C23H30N.Ir/c1-27(2)36-24-32(29-13-6-5-7-14-29)25-37(28(3)4)43(36)47-41-20-11-10-19-40(41)46-45(47)35-18-12-17-34-39-23-31-22-21-30-15-8-9-16-33(30)38(31)26-42(39)48-44(34)35;1-21(2,3)17-10-13-24-20(15-17)16-8-9-18-19(14-16)23(6,7)12-11-22(18,4)5;/h5-17,19-28H,1-4H3;9-10,13-15H,11-12H2,1-7H3;/q2*-1;. The molecule has 0 saturated carbocycles. The van der Waals surface area contributed by atoms with Crippen LogP contribution in [0.1, 0.15) is 129 Å². The largest absolute Gasteiger partial charge is 0.501 e. The van der Waals surface area contributed by atoms with Gasteiger partial charge in [-0.25, -0.2) is 0 Å². The molecule has 8 aromatic carbocycles. The number of rotatable bonds is 6. The summed E-state index contributed by atoms with van der Waals surface area (Å²) in [7, 11) is 0. The maximum absolute atomic E-state index is 6.83. The summed E-state index contributed by atoms with van der Waals surface area (Å²) in [6, 6.07) is 61.5. The molecule has 0 saturated heterocycles. The fourth-order valence-electron chi connectivity index (χ4n) is 11.1. The van der Waals surface area contributed by atoms with Gasteiger partial charge in [0.25, 0.3) is 0 Å². The van der Waals surface area contributed by atoms with E-state index in [9.17, 15) is 0 Å². The summed E-state index contributed by atoms with van der Waals surface area (Å²) >= 11 is 0. The van der Waals surface area contributed by atoms with E-state index in [2.05, 4.69) is 243 Å². The fourth-order valence-corrected chi connectivity index (χ4v) is 11.1. The van der Waals surface area contributed by atoms with E-state index in [0.717, 1.165) is 55.6 Å². The number of fused-ring (bicyclic) bond motifs is 8. The zero-order valence-corrected chi connectivity index (χ0v) is 46.6. The molecule has 3 aromatic heterocycles. The SMILES string of the molecule is CC(C)(C)c1ccnc(-c2[c-]cc3c(c2)C(C)(C)CCC3(C)C)c1.CC(C)c1cc(-c2ccccc2)cc(C(C)C)c1-n1c(-c2[c-]ccc3c2oc2cc4c(ccc5ccccc54)cc23)nc2ccccc21.[Ir]. The van der Waals surface area contributed by atoms with Gasteiger partial charge in [0.2, 0.25) is 0 Å². The molecule has 73 heavy (non-hydrogen) atoms. The predicted molar refractivity (Wildman–Crippen MR) is 304 cm³/mol. The van der Waals surface area contributed by atoms with Gasteiger partial charge in [-0.2, -0.15) is 0 Å². The second kappa shape index (κ2) is 19.0. The van der Waals surface area contributed by atoms with Gasteiger partial charge < -0.3 is 14.0 Å². The van der Waals surface area contributed by atoms with E-state index in [1.807, 2.05) is 12.3 Å². The molecule has 0 spiro atoms. The van der Waals surface area contributed by atoms with E-state index in [0.29, 0.717) is 0 Å². The van der Waals surface area contributed by atoms with Gasteiger partial charge in [-0.3, -0.25) is 4.98 Å². The zero-order valence-electron chi connectivity index (χ0n) is 44.2. The van der Waals surface area contributed by atoms with Crippen molar-refractivity contribution in [3.05, 3.63) is 198 Å². The molecule has 5 heteroatoms. The van der Waals surface area contributed by atoms with E-state index in [1.165, 1.54) is 79.0 Å². The summed E-state index contributed by atoms with van der Waals surface area (Å²) in [4.78, 5) is 9.95. The monoisotopic (exact) mass is 1130 g/mol. The third-order valence-corrected chi connectivity index (χ3v) is 15.5. The Hall–Kier alpha value is -6.65. The Kier molecular flexibility index (Phi) is 13.0. The van der Waals surface area contributed by atoms with Gasteiger partial charge in [0.15, 0.2) is 0 Å². The molecule has 3 heterocycles. The molecule has 12 rings (SSSR count). The Morgan fingerprint density at radius 1 is 0.616 bits per heavy atom. The molecule has 0 atom stereocenters. The molecule has 11 aromatic rings. The van der Waals surface area contributed by atoms with Gasteiger partial charge in [0.05, 0.1) is 22.4 Å². The molecular weight excluding hydrogens is 1070 g/mol. The first-order valence-electron chi connectivity index (χ1n) is 25.9. The van der Waals surface area contributed by atoms with Crippen LogP contribution in [0, 0.1) is 12.1 Å². The van der Waals surface area contributed by atoms with Crippen LogP contribution in [-0.4, -0.2) is 14.5 Å². The smallest absolute Gasteiger partial charge is 0.121 e. The van der Waals surface area contributed by atoms with Crippen LogP contribution >= 0.6 is 0 Å². The Morgan fingerprint density at radius 2 is 1.29 bits per heavy atom. The fraction of sp³-hybridized carbons (Fsp3) is 0.265. The first kappa shape index (κ1) is 49.9. The quantitative estimate of drug-likeness (QED) is 0.123. The average Bonchev–Trinajstić information content (AvgIpc) is 3.95. The molecule has 0 aliphatic heterocycles. The van der Waals surface area contributed by atoms with Crippen molar-refractivity contribution in [3.63, 3.8) is 0 Å². The number of pyridine rings is 1. The van der Waals surface area contributed by atoms with E-state index >= 15 is 0 Å². The molecule has 0 fully saturated rings. The molecule has 0 bridgehead atoms. The number of nitrogens with zero attached hydrogens (tertiary/aromatic N) is 3. The summed E-state index contributed by atoms with van der Waals surface area (Å²) in [5, 5.41) is 7.02. The first-order chi connectivity index (χ1) is 34.5. The van der Waals surface area contributed by atoms with Gasteiger partial charge in [-0.05, 0) is 132 Å². The Bertz CT molecular complexity index is 3830. The van der Waals surface area contributed by atoms with Crippen LogP contribution in [0.2, 0.25) is 0 Å². The zero-order chi connectivity index (χ0) is 50.3. The Balaban J connectivity index is 0.000000207. The van der Waals surface area contributed by atoms with E-state index in [4.69, 9.17) is 9.40 Å². The van der Waals surface area contributed by atoms with Crippen molar-refractivity contribution in [1.82, 2.24) is 14.5 Å². The average molecular weight is 1130 g/mol. The topological polar surface area (TPSA) is 43.9 Å². The van der Waals surface area contributed by atoms with Crippen LogP contribution in [0.5, 0.6) is 0 Å². The molecular formula is C68H65IrN3O-2. The first-order valence-corrected chi connectivity index (χ1v) is 25.9. The van der Waals surface area contributed by atoms with Crippen molar-refractivity contribution in [2.75, 3.05) is 0 Å². The minimum Gasteiger partial charge on any atom is -0.501 e. The number of furan rings is 1. The third-order valence-electron chi connectivity index (χ3n) is 15.5. The van der Waals surface area contributed by atoms with Gasteiger partial charge in [0, 0.05) is 37.4 Å².